The van der Waals surface area contributed by atoms with Crippen molar-refractivity contribution < 1.29 is 9.57 Å². The maximum absolute atomic E-state index is 5.55. The predicted molar refractivity (Wildman–Crippen MR) is 83.8 cm³/mol. The standard InChI is InChI=1S/C18H19NO2/c1-20-16-11-8-15(9-12-16)18-13-17(21-19-18)10-7-14-5-3-2-4-6-14/h2-6,8-9,11-12,17H,7,10,13H2,1H3/t17-/m0/s1. The Morgan fingerprint density at radius 1 is 1.10 bits per heavy atom. The molecule has 0 aliphatic carbocycles. The Bertz CT molecular complexity index is 605. The number of nitrogens with zero attached hydrogens (tertiary/aromatic N) is 1. The van der Waals surface area contributed by atoms with E-state index in [9.17, 15) is 0 Å². The van der Waals surface area contributed by atoms with Gasteiger partial charge in [-0.1, -0.05) is 35.5 Å². The summed E-state index contributed by atoms with van der Waals surface area (Å²) in [6.45, 7) is 0. The maximum Gasteiger partial charge on any atom is 0.133 e. The first-order valence-corrected chi connectivity index (χ1v) is 7.26. The van der Waals surface area contributed by atoms with Crippen LogP contribution < -0.4 is 4.74 Å². The lowest BCUT2D eigenvalue weighted by atomic mass is 10.0. The third-order valence-corrected chi connectivity index (χ3v) is 3.75. The molecule has 0 bridgehead atoms. The van der Waals surface area contributed by atoms with Crippen LogP contribution >= 0.6 is 0 Å². The fraction of sp³-hybridized carbons (Fsp3) is 0.278. The zero-order chi connectivity index (χ0) is 14.5. The van der Waals surface area contributed by atoms with Crippen LogP contribution in [0.15, 0.2) is 59.8 Å². The topological polar surface area (TPSA) is 30.8 Å². The summed E-state index contributed by atoms with van der Waals surface area (Å²) in [6.07, 6.45) is 3.07. The van der Waals surface area contributed by atoms with Gasteiger partial charge in [-0.15, -0.1) is 0 Å². The summed E-state index contributed by atoms with van der Waals surface area (Å²) >= 11 is 0. The Morgan fingerprint density at radius 2 is 1.86 bits per heavy atom. The monoisotopic (exact) mass is 281 g/mol. The Hall–Kier alpha value is -2.29. The maximum atomic E-state index is 5.55. The van der Waals surface area contributed by atoms with E-state index in [1.165, 1.54) is 5.56 Å². The van der Waals surface area contributed by atoms with Gasteiger partial charge in [0.25, 0.3) is 0 Å². The van der Waals surface area contributed by atoms with Crippen LogP contribution in [0, 0.1) is 0 Å². The molecule has 108 valence electrons. The molecule has 0 amide bonds. The fourth-order valence-corrected chi connectivity index (χ4v) is 2.51. The average Bonchev–Trinajstić information content (AvgIpc) is 3.03. The molecule has 2 aromatic carbocycles. The largest absolute Gasteiger partial charge is 0.497 e. The van der Waals surface area contributed by atoms with Gasteiger partial charge in [-0.2, -0.15) is 0 Å². The van der Waals surface area contributed by atoms with Crippen LogP contribution in [0.1, 0.15) is 24.0 Å². The Morgan fingerprint density at radius 3 is 2.57 bits per heavy atom. The van der Waals surface area contributed by atoms with Crippen LogP contribution in [0.5, 0.6) is 5.75 Å². The summed E-state index contributed by atoms with van der Waals surface area (Å²) in [6, 6.07) is 18.5. The smallest absolute Gasteiger partial charge is 0.133 e. The third-order valence-electron chi connectivity index (χ3n) is 3.75. The number of hydrogen-bond donors (Lipinski definition) is 0. The van der Waals surface area contributed by atoms with E-state index in [1.54, 1.807) is 7.11 Å². The summed E-state index contributed by atoms with van der Waals surface area (Å²) in [4.78, 5) is 5.55. The van der Waals surface area contributed by atoms with E-state index in [4.69, 9.17) is 9.57 Å². The van der Waals surface area contributed by atoms with Crippen molar-refractivity contribution in [3.05, 3.63) is 65.7 Å². The number of hydrogen-bond acceptors (Lipinski definition) is 3. The first kappa shape index (κ1) is 13.7. The molecule has 3 nitrogen and oxygen atoms in total. The molecule has 0 spiro atoms. The Kier molecular flexibility index (Phi) is 4.20. The minimum Gasteiger partial charge on any atom is -0.497 e. The highest BCUT2D eigenvalue weighted by atomic mass is 16.6. The minimum absolute atomic E-state index is 0.183. The van der Waals surface area contributed by atoms with E-state index in [2.05, 4.69) is 29.4 Å². The molecule has 1 aliphatic rings. The number of benzene rings is 2. The van der Waals surface area contributed by atoms with Crippen LogP contribution in [0.4, 0.5) is 0 Å². The molecular formula is C18H19NO2. The first-order chi connectivity index (χ1) is 10.3. The summed E-state index contributed by atoms with van der Waals surface area (Å²) in [5.74, 6) is 0.860. The second-order valence-electron chi connectivity index (χ2n) is 5.22. The van der Waals surface area contributed by atoms with Gasteiger partial charge in [0, 0.05) is 6.42 Å². The van der Waals surface area contributed by atoms with Crippen molar-refractivity contribution >= 4 is 5.71 Å². The van der Waals surface area contributed by atoms with Crippen molar-refractivity contribution in [2.75, 3.05) is 7.11 Å². The number of aryl methyl sites for hydroxylation is 1. The van der Waals surface area contributed by atoms with E-state index < -0.39 is 0 Å². The Balaban J connectivity index is 1.54. The normalized spacial score (nSPS) is 17.2. The molecule has 0 aromatic heterocycles. The van der Waals surface area contributed by atoms with Gasteiger partial charge in [-0.05, 0) is 48.2 Å². The van der Waals surface area contributed by atoms with Crippen LogP contribution in [0.2, 0.25) is 0 Å². The minimum atomic E-state index is 0.183. The third kappa shape index (κ3) is 3.43. The van der Waals surface area contributed by atoms with Gasteiger partial charge in [0.1, 0.15) is 11.9 Å². The van der Waals surface area contributed by atoms with Crippen LogP contribution in [-0.2, 0) is 11.3 Å². The van der Waals surface area contributed by atoms with Crippen LogP contribution in [0.3, 0.4) is 0 Å². The molecule has 1 heterocycles. The zero-order valence-electron chi connectivity index (χ0n) is 12.2. The lowest BCUT2D eigenvalue weighted by Crippen LogP contribution is -2.09. The SMILES string of the molecule is COc1ccc(C2=NO[C@@H](CCc3ccccc3)C2)cc1. The molecule has 0 unspecified atom stereocenters. The summed E-state index contributed by atoms with van der Waals surface area (Å²) in [7, 11) is 1.67. The highest BCUT2D eigenvalue weighted by Crippen LogP contribution is 2.22. The molecule has 0 fully saturated rings. The number of methoxy groups -OCH3 is 1. The zero-order valence-corrected chi connectivity index (χ0v) is 12.2. The first-order valence-electron chi connectivity index (χ1n) is 7.26. The molecular weight excluding hydrogens is 262 g/mol. The Labute approximate surface area is 125 Å². The van der Waals surface area contributed by atoms with Crippen molar-refractivity contribution in [3.63, 3.8) is 0 Å². The molecule has 0 saturated heterocycles. The van der Waals surface area contributed by atoms with Gasteiger partial charge in [0.15, 0.2) is 0 Å². The molecule has 1 aliphatic heterocycles. The number of oxime groups is 1. The van der Waals surface area contributed by atoms with E-state index >= 15 is 0 Å². The van der Waals surface area contributed by atoms with Crippen molar-refractivity contribution in [2.45, 2.75) is 25.4 Å². The molecule has 3 rings (SSSR count). The molecule has 1 atom stereocenters. The molecule has 2 aromatic rings. The van der Waals surface area contributed by atoms with E-state index in [-0.39, 0.29) is 6.10 Å². The second kappa shape index (κ2) is 6.44. The summed E-state index contributed by atoms with van der Waals surface area (Å²) in [5, 5.41) is 4.23. The fourth-order valence-electron chi connectivity index (χ4n) is 2.51. The van der Waals surface area contributed by atoms with Crippen molar-refractivity contribution in [1.29, 1.82) is 0 Å². The second-order valence-corrected chi connectivity index (χ2v) is 5.22. The van der Waals surface area contributed by atoms with Crippen LogP contribution in [0.25, 0.3) is 0 Å². The quantitative estimate of drug-likeness (QED) is 0.834. The van der Waals surface area contributed by atoms with Gasteiger partial charge < -0.3 is 9.57 Å². The molecule has 21 heavy (non-hydrogen) atoms. The number of ether oxygens (including phenoxy) is 1. The van der Waals surface area contributed by atoms with E-state index in [0.29, 0.717) is 0 Å². The molecule has 0 N–H and O–H groups in total. The molecule has 0 saturated carbocycles. The average molecular weight is 281 g/mol. The van der Waals surface area contributed by atoms with Crippen molar-refractivity contribution in [1.82, 2.24) is 0 Å². The predicted octanol–water partition coefficient (Wildman–Crippen LogP) is 3.82. The van der Waals surface area contributed by atoms with Gasteiger partial charge in [-0.3, -0.25) is 0 Å². The highest BCUT2D eigenvalue weighted by molar-refractivity contribution is 6.01. The molecule has 3 heteroatoms. The highest BCUT2D eigenvalue weighted by Gasteiger charge is 2.21. The van der Waals surface area contributed by atoms with E-state index in [1.807, 2.05) is 30.3 Å². The van der Waals surface area contributed by atoms with Gasteiger partial charge in [-0.25, -0.2) is 0 Å². The summed E-state index contributed by atoms with van der Waals surface area (Å²) < 4.78 is 5.17. The lowest BCUT2D eigenvalue weighted by molar-refractivity contribution is 0.0794. The summed E-state index contributed by atoms with van der Waals surface area (Å²) in [5.41, 5.74) is 3.48. The van der Waals surface area contributed by atoms with E-state index in [0.717, 1.165) is 36.3 Å². The number of rotatable bonds is 5. The molecule has 0 radical (unpaired) electrons. The van der Waals surface area contributed by atoms with Gasteiger partial charge in [0.2, 0.25) is 0 Å². The van der Waals surface area contributed by atoms with Crippen molar-refractivity contribution in [3.8, 4) is 5.75 Å². The van der Waals surface area contributed by atoms with Gasteiger partial charge in [0.05, 0.1) is 12.8 Å². The van der Waals surface area contributed by atoms with Crippen LogP contribution in [-0.4, -0.2) is 18.9 Å². The lowest BCUT2D eigenvalue weighted by Gasteiger charge is -2.07. The van der Waals surface area contributed by atoms with Crippen molar-refractivity contribution in [2.24, 2.45) is 5.16 Å². The van der Waals surface area contributed by atoms with Gasteiger partial charge >= 0.3 is 0 Å².